The van der Waals surface area contributed by atoms with Gasteiger partial charge in [-0.25, -0.2) is 13.1 Å². The van der Waals surface area contributed by atoms with Crippen LogP contribution in [0.4, 0.5) is 0 Å². The van der Waals surface area contributed by atoms with Crippen LogP contribution in [-0.4, -0.2) is 26.0 Å². The highest BCUT2D eigenvalue weighted by atomic mass is 32.2. The van der Waals surface area contributed by atoms with Gasteiger partial charge in [0.15, 0.2) is 0 Å². The molecule has 0 aliphatic heterocycles. The second-order valence-corrected chi connectivity index (χ2v) is 8.68. The van der Waals surface area contributed by atoms with E-state index >= 15 is 0 Å². The smallest absolute Gasteiger partial charge is 0.303 e. The summed E-state index contributed by atoms with van der Waals surface area (Å²) >= 11 is 1.25. The summed E-state index contributed by atoms with van der Waals surface area (Å²) < 4.78 is 27.2. The number of aryl methyl sites for hydroxylation is 1. The summed E-state index contributed by atoms with van der Waals surface area (Å²) in [5.74, 6) is -0.764. The lowest BCUT2D eigenvalue weighted by Crippen LogP contribution is -2.30. The number of aliphatic carboxylic acids is 1. The molecule has 0 radical (unpaired) electrons. The van der Waals surface area contributed by atoms with Gasteiger partial charge in [-0.2, -0.15) is 0 Å². The van der Waals surface area contributed by atoms with Crippen molar-refractivity contribution in [2.24, 2.45) is 11.8 Å². The molecule has 120 valence electrons. The summed E-state index contributed by atoms with van der Waals surface area (Å²) in [6, 6.07) is 3.41. The molecule has 0 saturated heterocycles. The van der Waals surface area contributed by atoms with Gasteiger partial charge in [0, 0.05) is 17.8 Å². The SMILES string of the molecule is CCc1ccc(S(=O)(=O)NCC(CC(=O)O)CC(C)C)s1. The molecule has 0 amide bonds. The lowest BCUT2D eigenvalue weighted by molar-refractivity contribution is -0.138. The van der Waals surface area contributed by atoms with E-state index in [0.717, 1.165) is 11.3 Å². The zero-order valence-corrected chi connectivity index (χ0v) is 14.3. The Morgan fingerprint density at radius 1 is 1.38 bits per heavy atom. The molecule has 1 aromatic rings. The first-order valence-corrected chi connectivity index (χ1v) is 9.34. The maximum absolute atomic E-state index is 12.2. The predicted molar refractivity (Wildman–Crippen MR) is 84.1 cm³/mol. The molecule has 0 aliphatic carbocycles. The van der Waals surface area contributed by atoms with Crippen molar-refractivity contribution in [3.63, 3.8) is 0 Å². The summed E-state index contributed by atoms with van der Waals surface area (Å²) in [7, 11) is -3.54. The molecule has 0 aromatic carbocycles. The summed E-state index contributed by atoms with van der Waals surface area (Å²) in [5.41, 5.74) is 0. The van der Waals surface area contributed by atoms with Gasteiger partial charge in [0.25, 0.3) is 0 Å². The van der Waals surface area contributed by atoms with Crippen LogP contribution in [0.25, 0.3) is 0 Å². The van der Waals surface area contributed by atoms with Crippen molar-refractivity contribution in [1.82, 2.24) is 4.72 Å². The van der Waals surface area contributed by atoms with Gasteiger partial charge in [-0.15, -0.1) is 11.3 Å². The third-order valence-electron chi connectivity index (χ3n) is 3.08. The summed E-state index contributed by atoms with van der Waals surface area (Å²) in [4.78, 5) is 11.9. The minimum absolute atomic E-state index is 0.0225. The van der Waals surface area contributed by atoms with Crippen LogP contribution in [0.1, 0.15) is 38.5 Å². The number of sulfonamides is 1. The minimum atomic E-state index is -3.54. The van der Waals surface area contributed by atoms with E-state index in [-0.39, 0.29) is 23.1 Å². The highest BCUT2D eigenvalue weighted by Crippen LogP contribution is 2.22. The largest absolute Gasteiger partial charge is 0.481 e. The Morgan fingerprint density at radius 3 is 2.52 bits per heavy atom. The zero-order valence-electron chi connectivity index (χ0n) is 12.6. The van der Waals surface area contributed by atoms with E-state index in [9.17, 15) is 13.2 Å². The second kappa shape index (κ2) is 7.91. The fourth-order valence-corrected chi connectivity index (χ4v) is 4.60. The molecule has 1 heterocycles. The number of carbonyl (C=O) groups is 1. The Morgan fingerprint density at radius 2 is 2.05 bits per heavy atom. The van der Waals surface area contributed by atoms with Gasteiger partial charge in [0.1, 0.15) is 4.21 Å². The number of thiophene rings is 1. The molecular weight excluding hydrogens is 310 g/mol. The molecule has 7 heteroatoms. The minimum Gasteiger partial charge on any atom is -0.481 e. The van der Waals surface area contributed by atoms with E-state index in [0.29, 0.717) is 12.3 Å². The van der Waals surface area contributed by atoms with Crippen molar-refractivity contribution < 1.29 is 18.3 Å². The molecule has 0 aliphatic rings. The maximum atomic E-state index is 12.2. The number of hydrogen-bond acceptors (Lipinski definition) is 4. The van der Waals surface area contributed by atoms with Gasteiger partial charge in [0.05, 0.1) is 0 Å². The molecule has 0 bridgehead atoms. The molecule has 21 heavy (non-hydrogen) atoms. The van der Waals surface area contributed by atoms with Crippen LogP contribution in [0, 0.1) is 11.8 Å². The monoisotopic (exact) mass is 333 g/mol. The van der Waals surface area contributed by atoms with Crippen LogP contribution in [0.15, 0.2) is 16.3 Å². The first-order chi connectivity index (χ1) is 9.74. The molecule has 1 rings (SSSR count). The van der Waals surface area contributed by atoms with Crippen LogP contribution in [-0.2, 0) is 21.2 Å². The van der Waals surface area contributed by atoms with Crippen molar-refractivity contribution in [1.29, 1.82) is 0 Å². The number of hydrogen-bond donors (Lipinski definition) is 2. The highest BCUT2D eigenvalue weighted by molar-refractivity contribution is 7.91. The Hall–Kier alpha value is -0.920. The highest BCUT2D eigenvalue weighted by Gasteiger charge is 2.21. The fraction of sp³-hybridized carbons (Fsp3) is 0.643. The summed E-state index contributed by atoms with van der Waals surface area (Å²) in [6.45, 7) is 6.12. The molecule has 2 N–H and O–H groups in total. The van der Waals surface area contributed by atoms with Gasteiger partial charge in [-0.05, 0) is 36.8 Å². The quantitative estimate of drug-likeness (QED) is 0.728. The molecule has 1 atom stereocenters. The lowest BCUT2D eigenvalue weighted by atomic mass is 9.94. The molecular formula is C14H23NO4S2. The van der Waals surface area contributed by atoms with Crippen molar-refractivity contribution in [2.75, 3.05) is 6.54 Å². The third-order valence-corrected chi connectivity index (χ3v) is 6.23. The van der Waals surface area contributed by atoms with Crippen molar-refractivity contribution in [3.8, 4) is 0 Å². The van der Waals surface area contributed by atoms with E-state index < -0.39 is 16.0 Å². The average molecular weight is 333 g/mol. The van der Waals surface area contributed by atoms with Crippen molar-refractivity contribution >= 4 is 27.3 Å². The standard InChI is InChI=1S/C14H23NO4S2/c1-4-12-5-6-14(20-12)21(18,19)15-9-11(7-10(2)3)8-13(16)17/h5-6,10-11,15H,4,7-9H2,1-3H3,(H,16,17). The molecule has 5 nitrogen and oxygen atoms in total. The predicted octanol–water partition coefficient (Wildman–Crippen LogP) is 2.73. The van der Waals surface area contributed by atoms with E-state index in [4.69, 9.17) is 5.11 Å². The van der Waals surface area contributed by atoms with Gasteiger partial charge in [-0.3, -0.25) is 4.79 Å². The number of nitrogens with one attached hydrogen (secondary N) is 1. The lowest BCUT2D eigenvalue weighted by Gasteiger charge is -2.17. The van der Waals surface area contributed by atoms with Crippen LogP contribution in [0.5, 0.6) is 0 Å². The van der Waals surface area contributed by atoms with Crippen molar-refractivity contribution in [2.45, 2.75) is 44.2 Å². The topological polar surface area (TPSA) is 83.5 Å². The van der Waals surface area contributed by atoms with Crippen LogP contribution in [0.2, 0.25) is 0 Å². The Balaban J connectivity index is 2.70. The van der Waals surface area contributed by atoms with Crippen molar-refractivity contribution in [3.05, 3.63) is 17.0 Å². The first kappa shape index (κ1) is 18.1. The van der Waals surface area contributed by atoms with Crippen LogP contribution in [0.3, 0.4) is 0 Å². The van der Waals surface area contributed by atoms with E-state index in [1.807, 2.05) is 26.8 Å². The van der Waals surface area contributed by atoms with E-state index in [1.165, 1.54) is 11.3 Å². The van der Waals surface area contributed by atoms with E-state index in [1.54, 1.807) is 6.07 Å². The number of rotatable bonds is 9. The van der Waals surface area contributed by atoms with Crippen LogP contribution >= 0.6 is 11.3 Å². The number of carboxylic acid groups (broad SMARTS) is 1. The normalized spacial score (nSPS) is 13.5. The second-order valence-electron chi connectivity index (χ2n) is 5.52. The van der Waals surface area contributed by atoms with Gasteiger partial charge in [-0.1, -0.05) is 20.8 Å². The van der Waals surface area contributed by atoms with E-state index in [2.05, 4.69) is 4.72 Å². The van der Waals surface area contributed by atoms with Gasteiger partial charge >= 0.3 is 5.97 Å². The van der Waals surface area contributed by atoms with Gasteiger partial charge in [0.2, 0.25) is 10.0 Å². The zero-order chi connectivity index (χ0) is 16.0. The summed E-state index contributed by atoms with van der Waals surface area (Å²) in [6.07, 6.45) is 1.46. The number of carboxylic acids is 1. The molecule has 0 spiro atoms. The Bertz CT molecular complexity index is 563. The molecule has 0 saturated carbocycles. The average Bonchev–Trinajstić information content (AvgIpc) is 2.84. The molecule has 1 unspecified atom stereocenters. The Labute approximate surface area is 130 Å². The molecule has 0 fully saturated rings. The van der Waals surface area contributed by atoms with Gasteiger partial charge < -0.3 is 5.11 Å². The third kappa shape index (κ3) is 6.15. The Kier molecular flexibility index (Phi) is 6.83. The van der Waals surface area contributed by atoms with Crippen LogP contribution < -0.4 is 4.72 Å². The summed E-state index contributed by atoms with van der Waals surface area (Å²) in [5, 5.41) is 8.90. The molecule has 1 aromatic heterocycles. The first-order valence-electron chi connectivity index (χ1n) is 7.04. The fourth-order valence-electron chi connectivity index (χ4n) is 2.14. The maximum Gasteiger partial charge on any atom is 0.303 e.